The van der Waals surface area contributed by atoms with Crippen LogP contribution < -0.4 is 4.74 Å². The van der Waals surface area contributed by atoms with Crippen LogP contribution >= 0.6 is 11.3 Å². The number of ether oxygens (including phenoxy) is 1. The minimum Gasteiger partial charge on any atom is -0.504 e. The Bertz CT molecular complexity index is 840. The van der Waals surface area contributed by atoms with Gasteiger partial charge in [-0.3, -0.25) is 0 Å². The average Bonchev–Trinajstić information content (AvgIpc) is 3.03. The summed E-state index contributed by atoms with van der Waals surface area (Å²) in [6.45, 7) is 0. The average molecular weight is 327 g/mol. The van der Waals surface area contributed by atoms with Gasteiger partial charge in [0.25, 0.3) is 0 Å². The third kappa shape index (κ3) is 3.57. The van der Waals surface area contributed by atoms with Crippen LogP contribution in [0.1, 0.15) is 10.6 Å². The van der Waals surface area contributed by atoms with Crippen LogP contribution in [0.5, 0.6) is 11.5 Å². The Hall–Kier alpha value is -2.66. The number of nitrogens with zero attached hydrogens (tertiary/aromatic N) is 1. The van der Waals surface area contributed by atoms with E-state index < -0.39 is 0 Å². The van der Waals surface area contributed by atoms with E-state index in [4.69, 9.17) is 4.74 Å². The van der Waals surface area contributed by atoms with Crippen molar-refractivity contribution < 1.29 is 14.2 Å². The number of aromatic nitrogens is 1. The van der Waals surface area contributed by atoms with Gasteiger partial charge in [0.05, 0.1) is 12.8 Å². The maximum absolute atomic E-state index is 12.9. The van der Waals surface area contributed by atoms with Gasteiger partial charge < -0.3 is 9.84 Å². The molecular weight excluding hydrogens is 313 g/mol. The molecule has 0 unspecified atom stereocenters. The minimum absolute atomic E-state index is 0.0980. The van der Waals surface area contributed by atoms with Gasteiger partial charge in [-0.05, 0) is 48.0 Å². The molecular formula is C18H14FNO2S. The maximum atomic E-state index is 12.9. The third-order valence-corrected chi connectivity index (χ3v) is 4.09. The van der Waals surface area contributed by atoms with Crippen LogP contribution in [0.15, 0.2) is 47.8 Å². The van der Waals surface area contributed by atoms with E-state index >= 15 is 0 Å². The Morgan fingerprint density at radius 1 is 1.13 bits per heavy atom. The molecule has 116 valence electrons. The number of phenols is 1. The van der Waals surface area contributed by atoms with Crippen LogP contribution in [-0.4, -0.2) is 17.2 Å². The molecule has 1 aromatic heterocycles. The molecule has 0 amide bonds. The van der Waals surface area contributed by atoms with Gasteiger partial charge in [-0.25, -0.2) is 9.37 Å². The fourth-order valence-corrected chi connectivity index (χ4v) is 2.81. The summed E-state index contributed by atoms with van der Waals surface area (Å²) in [4.78, 5) is 4.50. The van der Waals surface area contributed by atoms with Crippen molar-refractivity contribution in [2.45, 2.75) is 0 Å². The highest BCUT2D eigenvalue weighted by Crippen LogP contribution is 2.28. The first-order valence-electron chi connectivity index (χ1n) is 6.92. The zero-order valence-electron chi connectivity index (χ0n) is 12.4. The van der Waals surface area contributed by atoms with Crippen molar-refractivity contribution in [2.75, 3.05) is 7.11 Å². The van der Waals surface area contributed by atoms with Crippen LogP contribution in [-0.2, 0) is 0 Å². The Morgan fingerprint density at radius 2 is 1.91 bits per heavy atom. The summed E-state index contributed by atoms with van der Waals surface area (Å²) in [7, 11) is 1.51. The fraction of sp³-hybridized carbons (Fsp3) is 0.0556. The Balaban J connectivity index is 1.78. The molecule has 0 bridgehead atoms. The molecule has 3 rings (SSSR count). The number of rotatable bonds is 4. The van der Waals surface area contributed by atoms with Gasteiger partial charge in [0.2, 0.25) is 0 Å². The first-order valence-corrected chi connectivity index (χ1v) is 7.80. The lowest BCUT2D eigenvalue weighted by molar-refractivity contribution is 0.373. The molecule has 0 aliphatic rings. The molecule has 0 saturated heterocycles. The maximum Gasteiger partial charge on any atom is 0.160 e. The van der Waals surface area contributed by atoms with Gasteiger partial charge in [-0.2, -0.15) is 0 Å². The first kappa shape index (κ1) is 15.2. The van der Waals surface area contributed by atoms with Crippen LogP contribution in [0.25, 0.3) is 23.4 Å². The highest BCUT2D eigenvalue weighted by molar-refractivity contribution is 7.10. The number of hydrogen-bond donors (Lipinski definition) is 1. The smallest absolute Gasteiger partial charge is 0.160 e. The molecule has 0 aliphatic carbocycles. The predicted octanol–water partition coefficient (Wildman–Crippen LogP) is 4.83. The van der Waals surface area contributed by atoms with Crippen LogP contribution in [0.2, 0.25) is 0 Å². The number of aromatic hydroxyl groups is 1. The molecule has 0 fully saturated rings. The lowest BCUT2D eigenvalue weighted by Gasteiger charge is -2.02. The molecule has 3 aromatic rings. The molecule has 3 nitrogen and oxygen atoms in total. The van der Waals surface area contributed by atoms with Crippen molar-refractivity contribution in [1.29, 1.82) is 0 Å². The van der Waals surface area contributed by atoms with Gasteiger partial charge in [0.1, 0.15) is 10.8 Å². The van der Waals surface area contributed by atoms with Crippen LogP contribution in [0, 0.1) is 5.82 Å². The van der Waals surface area contributed by atoms with Gasteiger partial charge in [0.15, 0.2) is 11.5 Å². The second kappa shape index (κ2) is 6.62. The van der Waals surface area contributed by atoms with E-state index in [9.17, 15) is 9.50 Å². The number of hydrogen-bond acceptors (Lipinski definition) is 4. The molecule has 23 heavy (non-hydrogen) atoms. The lowest BCUT2D eigenvalue weighted by Crippen LogP contribution is -1.83. The van der Waals surface area contributed by atoms with E-state index in [0.717, 1.165) is 21.8 Å². The number of phenolic OH excluding ortho intramolecular Hbond substituents is 1. The Morgan fingerprint density at radius 3 is 2.61 bits per heavy atom. The second-order valence-electron chi connectivity index (χ2n) is 4.84. The van der Waals surface area contributed by atoms with E-state index in [1.54, 1.807) is 24.3 Å². The van der Waals surface area contributed by atoms with Crippen molar-refractivity contribution in [2.24, 2.45) is 0 Å². The van der Waals surface area contributed by atoms with Gasteiger partial charge >= 0.3 is 0 Å². The molecule has 0 radical (unpaired) electrons. The quantitative estimate of drug-likeness (QED) is 0.746. The lowest BCUT2D eigenvalue weighted by atomic mass is 10.2. The summed E-state index contributed by atoms with van der Waals surface area (Å²) >= 11 is 1.50. The standard InChI is InChI=1S/C18H14FNO2S/c1-22-17-8-2-12(10-16(17)21)3-9-18-20-15(11-23-18)13-4-6-14(19)7-5-13/h2-11,21H,1H3/b9-3+. The molecule has 5 heteroatoms. The van der Waals surface area contributed by atoms with Gasteiger partial charge in [-0.15, -0.1) is 11.3 Å². The zero-order chi connectivity index (χ0) is 16.2. The van der Waals surface area contributed by atoms with Crippen molar-refractivity contribution in [3.63, 3.8) is 0 Å². The Kier molecular flexibility index (Phi) is 4.39. The monoisotopic (exact) mass is 327 g/mol. The van der Waals surface area contributed by atoms with Crippen molar-refractivity contribution >= 4 is 23.5 Å². The van der Waals surface area contributed by atoms with E-state index in [0.29, 0.717) is 5.75 Å². The highest BCUT2D eigenvalue weighted by atomic mass is 32.1. The van der Waals surface area contributed by atoms with E-state index in [1.165, 1.54) is 30.6 Å². The summed E-state index contributed by atoms with van der Waals surface area (Å²) in [5.74, 6) is 0.277. The largest absolute Gasteiger partial charge is 0.504 e. The third-order valence-electron chi connectivity index (χ3n) is 3.28. The van der Waals surface area contributed by atoms with Crippen molar-refractivity contribution in [3.05, 3.63) is 64.2 Å². The fourth-order valence-electron chi connectivity index (χ4n) is 2.10. The summed E-state index contributed by atoms with van der Waals surface area (Å²) in [5.41, 5.74) is 2.54. The van der Waals surface area contributed by atoms with Crippen molar-refractivity contribution in [1.82, 2.24) is 4.98 Å². The predicted molar refractivity (Wildman–Crippen MR) is 91.1 cm³/mol. The summed E-state index contributed by atoms with van der Waals surface area (Å²) in [6, 6.07) is 11.4. The normalized spacial score (nSPS) is 11.0. The number of thiazole rings is 1. The van der Waals surface area contributed by atoms with E-state index in [2.05, 4.69) is 4.98 Å². The summed E-state index contributed by atoms with van der Waals surface area (Å²) < 4.78 is 18.0. The topological polar surface area (TPSA) is 42.4 Å². The Labute approximate surface area is 137 Å². The van der Waals surface area contributed by atoms with Crippen molar-refractivity contribution in [3.8, 4) is 22.8 Å². The second-order valence-corrected chi connectivity index (χ2v) is 5.73. The summed E-state index contributed by atoms with van der Waals surface area (Å²) in [6.07, 6.45) is 3.74. The number of benzene rings is 2. The zero-order valence-corrected chi connectivity index (χ0v) is 13.2. The SMILES string of the molecule is COc1ccc(/C=C/c2nc(-c3ccc(F)cc3)cs2)cc1O. The first-order chi connectivity index (χ1) is 11.2. The number of methoxy groups -OCH3 is 1. The molecule has 2 aromatic carbocycles. The van der Waals surface area contributed by atoms with E-state index in [1.807, 2.05) is 23.6 Å². The molecule has 0 atom stereocenters. The van der Waals surface area contributed by atoms with Crippen LogP contribution in [0.3, 0.4) is 0 Å². The molecule has 0 saturated carbocycles. The van der Waals surface area contributed by atoms with E-state index in [-0.39, 0.29) is 11.6 Å². The molecule has 1 N–H and O–H groups in total. The molecule has 0 aliphatic heterocycles. The summed E-state index contributed by atoms with van der Waals surface area (Å²) in [5, 5.41) is 12.5. The highest BCUT2D eigenvalue weighted by Gasteiger charge is 2.04. The van der Waals surface area contributed by atoms with Gasteiger partial charge in [0, 0.05) is 10.9 Å². The molecule has 1 heterocycles. The minimum atomic E-state index is -0.261. The number of halogens is 1. The molecule has 0 spiro atoms. The van der Waals surface area contributed by atoms with Gasteiger partial charge in [-0.1, -0.05) is 12.1 Å². The van der Waals surface area contributed by atoms with Crippen LogP contribution in [0.4, 0.5) is 4.39 Å².